The highest BCUT2D eigenvalue weighted by molar-refractivity contribution is 5.73. The molecule has 2 heterocycles. The molecule has 0 aliphatic carbocycles. The fourth-order valence-corrected chi connectivity index (χ4v) is 2.16. The van der Waals surface area contributed by atoms with Crippen molar-refractivity contribution in [2.45, 2.75) is 32.9 Å². The minimum absolute atomic E-state index is 0.393. The van der Waals surface area contributed by atoms with Crippen molar-refractivity contribution in [1.29, 1.82) is 0 Å². The third-order valence-corrected chi connectivity index (χ3v) is 3.08. The van der Waals surface area contributed by atoms with Gasteiger partial charge in [0.1, 0.15) is 6.04 Å². The zero-order valence-electron chi connectivity index (χ0n) is 11.3. The maximum Gasteiger partial charge on any atom is 0.322 e. The first-order valence-electron chi connectivity index (χ1n) is 6.55. The summed E-state index contributed by atoms with van der Waals surface area (Å²) in [4.78, 5) is 17.3. The maximum absolute atomic E-state index is 11.2. The fraction of sp³-hybridized carbons (Fsp3) is 0.750. The quantitative estimate of drug-likeness (QED) is 0.784. The van der Waals surface area contributed by atoms with Gasteiger partial charge in [0.05, 0.1) is 6.54 Å². The summed E-state index contributed by atoms with van der Waals surface area (Å²) >= 11 is 0. The lowest BCUT2D eigenvalue weighted by Gasteiger charge is -2.32. The Hall–Kier alpha value is -1.47. The second-order valence-corrected chi connectivity index (χ2v) is 5.23. The Labute approximate surface area is 112 Å². The average Bonchev–Trinajstić information content (AvgIpc) is 2.76. The van der Waals surface area contributed by atoms with Crippen LogP contribution in [0, 0.1) is 5.92 Å². The number of carboxylic acids is 1. The highest BCUT2D eigenvalue weighted by Crippen LogP contribution is 2.11. The van der Waals surface area contributed by atoms with Crippen LogP contribution in [0.25, 0.3) is 0 Å². The van der Waals surface area contributed by atoms with Crippen LogP contribution < -0.4 is 5.32 Å². The molecular weight excluding hydrogens is 248 g/mol. The Balaban J connectivity index is 1.98. The molecule has 0 aromatic carbocycles. The molecule has 0 radical (unpaired) electrons. The van der Waals surface area contributed by atoms with Gasteiger partial charge in [0, 0.05) is 26.1 Å². The lowest BCUT2D eigenvalue weighted by molar-refractivity contribution is -0.144. The highest BCUT2D eigenvalue weighted by atomic mass is 16.5. The minimum atomic E-state index is -0.825. The SMILES string of the molecule is CC(C)Cc1noc(CN2CCNCC2C(=O)O)n1. The van der Waals surface area contributed by atoms with Gasteiger partial charge >= 0.3 is 5.97 Å². The number of nitrogens with zero attached hydrogens (tertiary/aromatic N) is 3. The molecule has 1 atom stereocenters. The van der Waals surface area contributed by atoms with E-state index in [0.29, 0.717) is 37.3 Å². The first kappa shape index (κ1) is 14.0. The van der Waals surface area contributed by atoms with Crippen LogP contribution in [-0.4, -0.2) is 51.8 Å². The van der Waals surface area contributed by atoms with Crippen molar-refractivity contribution in [3.8, 4) is 0 Å². The summed E-state index contributed by atoms with van der Waals surface area (Å²) in [5.41, 5.74) is 0. The Bertz CT molecular complexity index is 432. The van der Waals surface area contributed by atoms with E-state index in [9.17, 15) is 4.79 Å². The van der Waals surface area contributed by atoms with E-state index >= 15 is 0 Å². The smallest absolute Gasteiger partial charge is 0.322 e. The van der Waals surface area contributed by atoms with Crippen LogP contribution in [0.4, 0.5) is 0 Å². The van der Waals surface area contributed by atoms with E-state index in [1.54, 1.807) is 0 Å². The summed E-state index contributed by atoms with van der Waals surface area (Å²) in [6, 6.07) is -0.533. The molecule has 7 heteroatoms. The molecule has 1 saturated heterocycles. The molecule has 1 aliphatic rings. The van der Waals surface area contributed by atoms with Crippen molar-refractivity contribution >= 4 is 5.97 Å². The molecule has 7 nitrogen and oxygen atoms in total. The molecule has 1 fully saturated rings. The van der Waals surface area contributed by atoms with Crippen molar-refractivity contribution in [2.75, 3.05) is 19.6 Å². The topological polar surface area (TPSA) is 91.5 Å². The molecule has 19 heavy (non-hydrogen) atoms. The van der Waals surface area contributed by atoms with Crippen molar-refractivity contribution < 1.29 is 14.4 Å². The van der Waals surface area contributed by atoms with Gasteiger partial charge in [-0.25, -0.2) is 0 Å². The first-order valence-corrected chi connectivity index (χ1v) is 6.55. The molecule has 2 N–H and O–H groups in total. The van der Waals surface area contributed by atoms with Crippen LogP contribution in [-0.2, 0) is 17.8 Å². The van der Waals surface area contributed by atoms with E-state index in [2.05, 4.69) is 29.3 Å². The van der Waals surface area contributed by atoms with Gasteiger partial charge in [0.25, 0.3) is 0 Å². The summed E-state index contributed by atoms with van der Waals surface area (Å²) in [7, 11) is 0. The van der Waals surface area contributed by atoms with Crippen LogP contribution in [0.5, 0.6) is 0 Å². The number of nitrogens with one attached hydrogen (secondary N) is 1. The molecular formula is C12H20N4O3. The normalized spacial score (nSPS) is 20.9. The molecule has 2 rings (SSSR count). The van der Waals surface area contributed by atoms with Crippen molar-refractivity contribution in [3.63, 3.8) is 0 Å². The van der Waals surface area contributed by atoms with E-state index < -0.39 is 12.0 Å². The summed E-state index contributed by atoms with van der Waals surface area (Å²) in [6.45, 7) is 6.46. The Morgan fingerprint density at radius 3 is 3.11 bits per heavy atom. The number of piperazine rings is 1. The predicted octanol–water partition coefficient (Wildman–Crippen LogP) is 0.127. The third-order valence-electron chi connectivity index (χ3n) is 3.08. The number of hydrogen-bond donors (Lipinski definition) is 2. The number of aromatic nitrogens is 2. The largest absolute Gasteiger partial charge is 0.480 e. The lowest BCUT2D eigenvalue weighted by atomic mass is 10.1. The van der Waals surface area contributed by atoms with Gasteiger partial charge in [-0.05, 0) is 5.92 Å². The van der Waals surface area contributed by atoms with E-state index in [4.69, 9.17) is 9.63 Å². The van der Waals surface area contributed by atoms with Crippen LogP contribution in [0.1, 0.15) is 25.6 Å². The summed E-state index contributed by atoms with van der Waals surface area (Å²) in [5, 5.41) is 16.2. The third kappa shape index (κ3) is 3.74. The van der Waals surface area contributed by atoms with Gasteiger partial charge in [-0.2, -0.15) is 4.98 Å². The summed E-state index contributed by atoms with van der Waals surface area (Å²) < 4.78 is 5.18. The maximum atomic E-state index is 11.2. The molecule has 0 saturated carbocycles. The number of carboxylic acid groups (broad SMARTS) is 1. The molecule has 106 valence electrons. The van der Waals surface area contributed by atoms with E-state index in [0.717, 1.165) is 13.0 Å². The molecule has 1 aliphatic heterocycles. The Kier molecular flexibility index (Phi) is 4.49. The zero-order chi connectivity index (χ0) is 13.8. The highest BCUT2D eigenvalue weighted by Gasteiger charge is 2.29. The second-order valence-electron chi connectivity index (χ2n) is 5.23. The molecule has 1 aromatic heterocycles. The first-order chi connectivity index (χ1) is 9.06. The summed E-state index contributed by atoms with van der Waals surface area (Å²) in [5.74, 6) is 0.821. The van der Waals surface area contributed by atoms with Crippen LogP contribution in [0.15, 0.2) is 4.52 Å². The summed E-state index contributed by atoms with van der Waals surface area (Å²) in [6.07, 6.45) is 0.771. The van der Waals surface area contributed by atoms with Gasteiger partial charge in [0.2, 0.25) is 5.89 Å². The van der Waals surface area contributed by atoms with E-state index in [-0.39, 0.29) is 0 Å². The Morgan fingerprint density at radius 2 is 2.42 bits per heavy atom. The van der Waals surface area contributed by atoms with Crippen LogP contribution >= 0.6 is 0 Å². The molecule has 0 bridgehead atoms. The van der Waals surface area contributed by atoms with Gasteiger partial charge < -0.3 is 14.9 Å². The number of rotatable bonds is 5. The van der Waals surface area contributed by atoms with Crippen molar-refractivity contribution in [1.82, 2.24) is 20.4 Å². The lowest BCUT2D eigenvalue weighted by Crippen LogP contribution is -2.54. The van der Waals surface area contributed by atoms with Crippen molar-refractivity contribution in [3.05, 3.63) is 11.7 Å². The van der Waals surface area contributed by atoms with Gasteiger partial charge in [-0.3, -0.25) is 9.69 Å². The van der Waals surface area contributed by atoms with Gasteiger partial charge in [-0.15, -0.1) is 0 Å². The van der Waals surface area contributed by atoms with Crippen LogP contribution in [0.3, 0.4) is 0 Å². The van der Waals surface area contributed by atoms with Gasteiger partial charge in [0.15, 0.2) is 5.82 Å². The van der Waals surface area contributed by atoms with Crippen LogP contribution in [0.2, 0.25) is 0 Å². The van der Waals surface area contributed by atoms with Crippen molar-refractivity contribution in [2.24, 2.45) is 5.92 Å². The average molecular weight is 268 g/mol. The number of hydrogen-bond acceptors (Lipinski definition) is 6. The minimum Gasteiger partial charge on any atom is -0.480 e. The van der Waals surface area contributed by atoms with Gasteiger partial charge in [-0.1, -0.05) is 19.0 Å². The number of aliphatic carboxylic acids is 1. The molecule has 1 aromatic rings. The molecule has 1 unspecified atom stereocenters. The molecule has 0 amide bonds. The van der Waals surface area contributed by atoms with E-state index in [1.807, 2.05) is 4.90 Å². The molecule has 0 spiro atoms. The monoisotopic (exact) mass is 268 g/mol. The Morgan fingerprint density at radius 1 is 1.63 bits per heavy atom. The predicted molar refractivity (Wildman–Crippen MR) is 67.5 cm³/mol. The standard InChI is InChI=1S/C12H20N4O3/c1-8(2)5-10-14-11(19-15-10)7-16-4-3-13-6-9(16)12(17)18/h8-9,13H,3-7H2,1-2H3,(H,17,18). The number of carbonyl (C=O) groups is 1. The van der Waals surface area contributed by atoms with E-state index in [1.165, 1.54) is 0 Å². The zero-order valence-corrected chi connectivity index (χ0v) is 11.3. The fourth-order valence-electron chi connectivity index (χ4n) is 2.16. The second kappa shape index (κ2) is 6.12.